The molecule has 0 aromatic heterocycles. The second kappa shape index (κ2) is 5.26. The Hall–Kier alpha value is -0.570. The molecule has 8 atom stereocenters. The minimum atomic E-state index is -1.46. The Balaban J connectivity index is 1.71. The van der Waals surface area contributed by atoms with Crippen LogP contribution in [0.15, 0.2) is 0 Å². The number of aliphatic hydroxyl groups excluding tert-OH is 4. The molecule has 0 unspecified atom stereocenters. The fourth-order valence-corrected chi connectivity index (χ4v) is 3.87. The molecular weight excluding hydrogens is 280 g/mol. The zero-order valence-corrected chi connectivity index (χ0v) is 11.9. The van der Waals surface area contributed by atoms with Crippen LogP contribution in [0.2, 0.25) is 0 Å². The summed E-state index contributed by atoms with van der Waals surface area (Å²) in [6.45, 7) is 1.37. The van der Waals surface area contributed by atoms with Gasteiger partial charge in [-0.05, 0) is 18.8 Å². The van der Waals surface area contributed by atoms with E-state index in [0.717, 1.165) is 12.8 Å². The van der Waals surface area contributed by atoms with Crippen molar-refractivity contribution in [2.24, 2.45) is 11.3 Å². The lowest BCUT2D eigenvalue weighted by atomic mass is 9.82. The average molecular weight is 302 g/mol. The van der Waals surface area contributed by atoms with Crippen molar-refractivity contribution >= 4 is 5.78 Å². The maximum Gasteiger partial charge on any atom is 0.187 e. The molecule has 21 heavy (non-hydrogen) atoms. The van der Waals surface area contributed by atoms with Crippen LogP contribution in [0.4, 0.5) is 0 Å². The first-order chi connectivity index (χ1) is 9.86. The van der Waals surface area contributed by atoms with Gasteiger partial charge >= 0.3 is 0 Å². The van der Waals surface area contributed by atoms with Crippen LogP contribution in [-0.4, -0.2) is 69.6 Å². The van der Waals surface area contributed by atoms with Crippen molar-refractivity contribution in [2.45, 2.75) is 63.0 Å². The predicted octanol–water partition coefficient (Wildman–Crippen LogP) is -1.44. The van der Waals surface area contributed by atoms with E-state index in [1.54, 1.807) is 0 Å². The number of ketones is 1. The molecular formula is C14H22O7. The zero-order chi connectivity index (χ0) is 15.4. The van der Waals surface area contributed by atoms with Gasteiger partial charge in [0.15, 0.2) is 6.29 Å². The molecule has 1 aliphatic heterocycles. The van der Waals surface area contributed by atoms with Gasteiger partial charge in [-0.3, -0.25) is 4.79 Å². The van der Waals surface area contributed by atoms with Crippen LogP contribution in [0.25, 0.3) is 0 Å². The topological polar surface area (TPSA) is 116 Å². The van der Waals surface area contributed by atoms with E-state index >= 15 is 0 Å². The minimum Gasteiger partial charge on any atom is -0.394 e. The molecule has 0 amide bonds. The summed E-state index contributed by atoms with van der Waals surface area (Å²) in [6.07, 6.45) is -4.73. The summed E-state index contributed by atoms with van der Waals surface area (Å²) in [5, 5.41) is 38.6. The number of hydrogen-bond acceptors (Lipinski definition) is 7. The van der Waals surface area contributed by atoms with Crippen molar-refractivity contribution in [1.82, 2.24) is 0 Å². The number of Topliss-reactive ketones (excluding diaryl/α,β-unsaturated/α-hetero) is 1. The predicted molar refractivity (Wildman–Crippen MR) is 69.1 cm³/mol. The first-order valence-corrected chi connectivity index (χ1v) is 7.36. The first-order valence-electron chi connectivity index (χ1n) is 7.36. The average Bonchev–Trinajstić information content (AvgIpc) is 2.91. The van der Waals surface area contributed by atoms with Crippen LogP contribution in [0.3, 0.4) is 0 Å². The third kappa shape index (κ3) is 2.32. The van der Waals surface area contributed by atoms with Crippen molar-refractivity contribution in [3.05, 3.63) is 0 Å². The van der Waals surface area contributed by atoms with Gasteiger partial charge in [-0.1, -0.05) is 6.92 Å². The number of rotatable bonds is 3. The highest BCUT2D eigenvalue weighted by Gasteiger charge is 2.57. The lowest BCUT2D eigenvalue weighted by Gasteiger charge is -2.42. The highest BCUT2D eigenvalue weighted by molar-refractivity contribution is 5.88. The summed E-state index contributed by atoms with van der Waals surface area (Å²) in [5.74, 6) is 0.464. The van der Waals surface area contributed by atoms with Crippen molar-refractivity contribution in [1.29, 1.82) is 0 Å². The molecule has 7 nitrogen and oxygen atoms in total. The molecule has 120 valence electrons. The molecule has 0 radical (unpaired) electrons. The molecule has 2 aliphatic carbocycles. The smallest absolute Gasteiger partial charge is 0.187 e. The van der Waals surface area contributed by atoms with Gasteiger partial charge in [0.2, 0.25) is 0 Å². The van der Waals surface area contributed by atoms with Gasteiger partial charge < -0.3 is 29.9 Å². The largest absolute Gasteiger partial charge is 0.394 e. The van der Waals surface area contributed by atoms with Gasteiger partial charge in [0, 0.05) is 6.42 Å². The standard InChI is InChI=1S/C14H22O7/c1-14-4-6(2-8(14)16)3-9(14)21-13-12(19)11(18)10(17)7(5-15)20-13/h6-7,9-13,15,17-19H,2-5H2,1H3/t6-,7+,9+,10+,11-,12+,13-,14+/m0/s1. The van der Waals surface area contributed by atoms with Crippen LogP contribution in [-0.2, 0) is 14.3 Å². The summed E-state index contributed by atoms with van der Waals surface area (Å²) in [4.78, 5) is 12.0. The lowest BCUT2D eigenvalue weighted by Crippen LogP contribution is -2.60. The highest BCUT2D eigenvalue weighted by Crippen LogP contribution is 2.53. The van der Waals surface area contributed by atoms with Crippen LogP contribution >= 0.6 is 0 Å². The van der Waals surface area contributed by atoms with E-state index in [9.17, 15) is 20.1 Å². The summed E-state index contributed by atoms with van der Waals surface area (Å²) in [5.41, 5.74) is -0.566. The Bertz CT molecular complexity index is 426. The van der Waals surface area contributed by atoms with Crippen molar-refractivity contribution in [3.8, 4) is 0 Å². The van der Waals surface area contributed by atoms with Gasteiger partial charge in [-0.15, -0.1) is 0 Å². The molecule has 3 fully saturated rings. The maximum absolute atomic E-state index is 12.0. The summed E-state index contributed by atoms with van der Waals surface area (Å²) >= 11 is 0. The monoisotopic (exact) mass is 302 g/mol. The van der Waals surface area contributed by atoms with Crippen molar-refractivity contribution < 1.29 is 34.7 Å². The Morgan fingerprint density at radius 3 is 2.57 bits per heavy atom. The maximum atomic E-state index is 12.0. The number of aliphatic hydroxyl groups is 4. The number of carbonyl (C=O) groups excluding carboxylic acids is 1. The van der Waals surface area contributed by atoms with Crippen molar-refractivity contribution in [2.75, 3.05) is 6.61 Å². The van der Waals surface area contributed by atoms with Gasteiger partial charge in [0.05, 0.1) is 18.1 Å². The van der Waals surface area contributed by atoms with E-state index in [1.165, 1.54) is 0 Å². The van der Waals surface area contributed by atoms with Crippen molar-refractivity contribution in [3.63, 3.8) is 0 Å². The SMILES string of the molecule is C[C@@]12C[C@@H](CC1=O)C[C@H]2O[C@@H]1O[C@H](CO)[C@@H](O)[C@H](O)[C@H]1O. The molecule has 1 heterocycles. The van der Waals surface area contributed by atoms with Crippen LogP contribution in [0.5, 0.6) is 0 Å². The van der Waals surface area contributed by atoms with E-state index in [-0.39, 0.29) is 11.9 Å². The quantitative estimate of drug-likeness (QED) is 0.504. The third-order valence-electron chi connectivity index (χ3n) is 5.23. The number of hydrogen-bond donors (Lipinski definition) is 4. The third-order valence-corrected chi connectivity index (χ3v) is 5.23. The second-order valence-corrected chi connectivity index (χ2v) is 6.67. The molecule has 3 aliphatic rings. The molecule has 4 N–H and O–H groups in total. The fourth-order valence-electron chi connectivity index (χ4n) is 3.87. The Morgan fingerprint density at radius 2 is 2.00 bits per heavy atom. The van der Waals surface area contributed by atoms with E-state index in [1.807, 2.05) is 6.92 Å². The molecule has 1 saturated heterocycles. The number of ether oxygens (including phenoxy) is 2. The second-order valence-electron chi connectivity index (χ2n) is 6.67. The minimum absolute atomic E-state index is 0.161. The van der Waals surface area contributed by atoms with Crippen LogP contribution in [0.1, 0.15) is 26.2 Å². The summed E-state index contributed by atoms with van der Waals surface area (Å²) < 4.78 is 11.1. The normalized spacial score (nSPS) is 53.4. The number of carbonyl (C=O) groups is 1. The van der Waals surface area contributed by atoms with Gasteiger partial charge in [-0.25, -0.2) is 0 Å². The van der Waals surface area contributed by atoms with E-state index in [0.29, 0.717) is 12.3 Å². The molecule has 2 saturated carbocycles. The molecule has 0 spiro atoms. The molecule has 0 aromatic rings. The molecule has 7 heteroatoms. The summed E-state index contributed by atoms with van der Waals surface area (Å²) in [7, 11) is 0. The van der Waals surface area contributed by atoms with E-state index in [2.05, 4.69) is 0 Å². The van der Waals surface area contributed by atoms with E-state index < -0.39 is 42.7 Å². The summed E-state index contributed by atoms with van der Waals surface area (Å²) in [6, 6.07) is 0. The lowest BCUT2D eigenvalue weighted by molar-refractivity contribution is -0.316. The van der Waals surface area contributed by atoms with Gasteiger partial charge in [-0.2, -0.15) is 0 Å². The number of fused-ring (bicyclic) bond motifs is 2. The zero-order valence-electron chi connectivity index (χ0n) is 11.9. The van der Waals surface area contributed by atoms with Gasteiger partial charge in [0.25, 0.3) is 0 Å². The molecule has 3 rings (SSSR count). The van der Waals surface area contributed by atoms with E-state index in [4.69, 9.17) is 14.6 Å². The fraction of sp³-hybridized carbons (Fsp3) is 0.929. The van der Waals surface area contributed by atoms with Gasteiger partial charge in [0.1, 0.15) is 30.2 Å². The Labute approximate surface area is 122 Å². The molecule has 2 bridgehead atoms. The van der Waals surface area contributed by atoms with Crippen LogP contribution < -0.4 is 0 Å². The van der Waals surface area contributed by atoms with Crippen LogP contribution in [0, 0.1) is 11.3 Å². The first kappa shape index (κ1) is 15.3. The molecule has 0 aromatic carbocycles. The Kier molecular flexibility index (Phi) is 3.84. The highest BCUT2D eigenvalue weighted by atomic mass is 16.7. The Morgan fingerprint density at radius 1 is 1.29 bits per heavy atom.